The van der Waals surface area contributed by atoms with Crippen LogP contribution in [0.5, 0.6) is 0 Å². The highest BCUT2D eigenvalue weighted by atomic mass is 32.2. The number of rotatable bonds is 8. The summed E-state index contributed by atoms with van der Waals surface area (Å²) in [6.45, 7) is 2.93. The highest BCUT2D eigenvalue weighted by Gasteiger charge is 2.26. The topological polar surface area (TPSA) is 36.4 Å². The molecule has 2 N–H and O–H groups in total. The second-order valence-electron chi connectivity index (χ2n) is 4.57. The van der Waals surface area contributed by atoms with Crippen molar-refractivity contribution < 1.29 is 13.2 Å². The van der Waals surface area contributed by atoms with Crippen molar-refractivity contribution in [2.24, 2.45) is 4.99 Å². The van der Waals surface area contributed by atoms with Gasteiger partial charge < -0.3 is 10.6 Å². The summed E-state index contributed by atoms with van der Waals surface area (Å²) in [7, 11) is 0. The summed E-state index contributed by atoms with van der Waals surface area (Å²) in [5, 5.41) is 5.64. The molecule has 0 saturated carbocycles. The van der Waals surface area contributed by atoms with Gasteiger partial charge in [-0.1, -0.05) is 18.2 Å². The Bertz CT molecular complexity index is 435. The third-order valence-electron chi connectivity index (χ3n) is 2.63. The first kappa shape index (κ1) is 18.7. The first-order chi connectivity index (χ1) is 10.5. The first-order valence-corrected chi connectivity index (χ1v) is 8.26. The van der Waals surface area contributed by atoms with Crippen molar-refractivity contribution >= 4 is 17.7 Å². The predicted molar refractivity (Wildman–Crippen MR) is 86.4 cm³/mol. The zero-order chi connectivity index (χ0) is 16.3. The molecule has 0 heterocycles. The summed E-state index contributed by atoms with van der Waals surface area (Å²) in [6, 6.07) is 10.1. The Morgan fingerprint density at radius 1 is 1.18 bits per heavy atom. The molecule has 124 valence electrons. The smallest absolute Gasteiger partial charge is 0.357 e. The standard InChI is InChI=1S/C15H22F3N3S/c1-2-19-14(21-11-9-15(16,17)18)20-10-6-12-22-13-7-4-3-5-8-13/h3-5,7-8H,2,6,9-12H2,1H3,(H2,19,20,21). The van der Waals surface area contributed by atoms with E-state index < -0.39 is 12.6 Å². The second-order valence-corrected chi connectivity index (χ2v) is 5.74. The van der Waals surface area contributed by atoms with E-state index in [0.717, 1.165) is 12.2 Å². The molecule has 1 aromatic carbocycles. The van der Waals surface area contributed by atoms with Gasteiger partial charge in [0.25, 0.3) is 0 Å². The molecule has 0 fully saturated rings. The van der Waals surface area contributed by atoms with Gasteiger partial charge in [0, 0.05) is 24.5 Å². The number of hydrogen-bond donors (Lipinski definition) is 2. The fourth-order valence-corrected chi connectivity index (χ4v) is 2.49. The lowest BCUT2D eigenvalue weighted by molar-refractivity contribution is -0.132. The highest BCUT2D eigenvalue weighted by molar-refractivity contribution is 7.99. The van der Waals surface area contributed by atoms with Gasteiger partial charge in [-0.05, 0) is 31.2 Å². The normalized spacial score (nSPS) is 12.3. The average Bonchev–Trinajstić information content (AvgIpc) is 2.46. The predicted octanol–water partition coefficient (Wildman–Crippen LogP) is 3.68. The number of nitrogens with zero attached hydrogens (tertiary/aromatic N) is 1. The van der Waals surface area contributed by atoms with Crippen LogP contribution in [-0.4, -0.2) is 37.5 Å². The number of thioether (sulfide) groups is 1. The number of alkyl halides is 3. The number of guanidine groups is 1. The molecule has 0 saturated heterocycles. The van der Waals surface area contributed by atoms with Crippen LogP contribution in [0.1, 0.15) is 19.8 Å². The maximum atomic E-state index is 12.1. The SMILES string of the molecule is CCNC(=NCCCSc1ccccc1)NCCC(F)(F)F. The van der Waals surface area contributed by atoms with Crippen molar-refractivity contribution in [1.82, 2.24) is 10.6 Å². The fourth-order valence-electron chi connectivity index (χ4n) is 1.63. The summed E-state index contributed by atoms with van der Waals surface area (Å²) in [4.78, 5) is 5.49. The monoisotopic (exact) mass is 333 g/mol. The number of halogens is 3. The lowest BCUT2D eigenvalue weighted by Crippen LogP contribution is -2.39. The Hall–Kier alpha value is -1.37. The molecule has 0 spiro atoms. The first-order valence-electron chi connectivity index (χ1n) is 7.28. The van der Waals surface area contributed by atoms with E-state index in [4.69, 9.17) is 0 Å². The van der Waals surface area contributed by atoms with Crippen LogP contribution in [0.3, 0.4) is 0 Å². The minimum absolute atomic E-state index is 0.159. The van der Waals surface area contributed by atoms with Crippen LogP contribution in [0.25, 0.3) is 0 Å². The Morgan fingerprint density at radius 2 is 1.91 bits per heavy atom. The summed E-state index contributed by atoms with van der Waals surface area (Å²) in [5.74, 6) is 1.37. The van der Waals surface area contributed by atoms with Crippen molar-refractivity contribution in [1.29, 1.82) is 0 Å². The van der Waals surface area contributed by atoms with Crippen LogP contribution in [0, 0.1) is 0 Å². The van der Waals surface area contributed by atoms with Crippen molar-refractivity contribution in [2.45, 2.75) is 30.8 Å². The summed E-state index contributed by atoms with van der Waals surface area (Å²) in [5.41, 5.74) is 0. The lowest BCUT2D eigenvalue weighted by atomic mass is 10.4. The molecule has 1 rings (SSSR count). The van der Waals surface area contributed by atoms with Gasteiger partial charge in [-0.3, -0.25) is 4.99 Å². The second kappa shape index (κ2) is 10.4. The van der Waals surface area contributed by atoms with Gasteiger partial charge in [-0.15, -0.1) is 11.8 Å². The Labute approximate surface area is 133 Å². The zero-order valence-electron chi connectivity index (χ0n) is 12.6. The molecular formula is C15H22F3N3S. The van der Waals surface area contributed by atoms with Crippen molar-refractivity contribution in [3.8, 4) is 0 Å². The highest BCUT2D eigenvalue weighted by Crippen LogP contribution is 2.18. The molecular weight excluding hydrogens is 311 g/mol. The van der Waals surface area contributed by atoms with Crippen LogP contribution in [0.4, 0.5) is 13.2 Å². The molecule has 3 nitrogen and oxygen atoms in total. The van der Waals surface area contributed by atoms with E-state index in [-0.39, 0.29) is 6.54 Å². The van der Waals surface area contributed by atoms with Crippen molar-refractivity contribution in [2.75, 3.05) is 25.4 Å². The molecule has 0 atom stereocenters. The van der Waals surface area contributed by atoms with Crippen molar-refractivity contribution in [3.63, 3.8) is 0 Å². The van der Waals surface area contributed by atoms with Crippen molar-refractivity contribution in [3.05, 3.63) is 30.3 Å². The number of benzene rings is 1. The van der Waals surface area contributed by atoms with E-state index in [1.165, 1.54) is 4.90 Å². The van der Waals surface area contributed by atoms with Gasteiger partial charge >= 0.3 is 6.18 Å². The molecule has 0 aliphatic rings. The number of nitrogens with one attached hydrogen (secondary N) is 2. The van der Waals surface area contributed by atoms with Gasteiger partial charge in [0.15, 0.2) is 5.96 Å². The minimum atomic E-state index is -4.14. The van der Waals surface area contributed by atoms with E-state index in [1.54, 1.807) is 11.8 Å². The van der Waals surface area contributed by atoms with Gasteiger partial charge in [0.1, 0.15) is 0 Å². The molecule has 22 heavy (non-hydrogen) atoms. The van der Waals surface area contributed by atoms with Crippen LogP contribution in [-0.2, 0) is 0 Å². The summed E-state index contributed by atoms with van der Waals surface area (Å²) < 4.78 is 36.3. The maximum Gasteiger partial charge on any atom is 0.390 e. The summed E-state index contributed by atoms with van der Waals surface area (Å²) in [6.07, 6.45) is -4.13. The Balaban J connectivity index is 2.24. The average molecular weight is 333 g/mol. The third kappa shape index (κ3) is 9.55. The van der Waals surface area contributed by atoms with E-state index in [9.17, 15) is 13.2 Å². The fraction of sp³-hybridized carbons (Fsp3) is 0.533. The van der Waals surface area contributed by atoms with Gasteiger partial charge in [-0.25, -0.2) is 0 Å². The van der Waals surface area contributed by atoms with Gasteiger partial charge in [0.2, 0.25) is 0 Å². The van der Waals surface area contributed by atoms with Crippen LogP contribution in [0.2, 0.25) is 0 Å². The van der Waals surface area contributed by atoms with E-state index in [1.807, 2.05) is 25.1 Å². The minimum Gasteiger partial charge on any atom is -0.357 e. The Kier molecular flexibility index (Phi) is 8.81. The van der Waals surface area contributed by atoms with E-state index in [0.29, 0.717) is 19.0 Å². The van der Waals surface area contributed by atoms with Gasteiger partial charge in [-0.2, -0.15) is 13.2 Å². The Morgan fingerprint density at radius 3 is 2.55 bits per heavy atom. The molecule has 0 aromatic heterocycles. The number of aliphatic imine (C=N–C) groups is 1. The lowest BCUT2D eigenvalue weighted by Gasteiger charge is -2.12. The number of hydrogen-bond acceptors (Lipinski definition) is 2. The molecule has 7 heteroatoms. The van der Waals surface area contributed by atoms with Crippen LogP contribution in [0.15, 0.2) is 40.2 Å². The summed E-state index contributed by atoms with van der Waals surface area (Å²) >= 11 is 1.75. The van der Waals surface area contributed by atoms with Crippen LogP contribution >= 0.6 is 11.8 Å². The van der Waals surface area contributed by atoms with Gasteiger partial charge in [0.05, 0.1) is 6.42 Å². The molecule has 0 bridgehead atoms. The third-order valence-corrected chi connectivity index (χ3v) is 3.73. The molecule has 1 aromatic rings. The zero-order valence-corrected chi connectivity index (χ0v) is 13.4. The molecule has 0 unspecified atom stereocenters. The maximum absolute atomic E-state index is 12.1. The molecule has 0 aliphatic carbocycles. The molecule has 0 amide bonds. The molecule has 0 aliphatic heterocycles. The van der Waals surface area contributed by atoms with E-state index in [2.05, 4.69) is 27.8 Å². The largest absolute Gasteiger partial charge is 0.390 e. The van der Waals surface area contributed by atoms with E-state index >= 15 is 0 Å². The van der Waals surface area contributed by atoms with Crippen LogP contribution < -0.4 is 10.6 Å². The molecule has 0 radical (unpaired) electrons. The quantitative estimate of drug-likeness (QED) is 0.330.